The molecular formula is C7H10N4O2S. The van der Waals surface area contributed by atoms with Crippen LogP contribution < -0.4 is 11.2 Å². The summed E-state index contributed by atoms with van der Waals surface area (Å²) in [5.41, 5.74) is 8.84. The Balaban J connectivity index is 2.65. The van der Waals surface area contributed by atoms with E-state index in [9.17, 15) is 4.79 Å². The number of carbonyl (C=O) groups excluding carboxylic acids is 1. The van der Waals surface area contributed by atoms with Crippen LogP contribution in [0.2, 0.25) is 0 Å². The van der Waals surface area contributed by atoms with E-state index in [1.165, 1.54) is 18.4 Å². The van der Waals surface area contributed by atoms with Crippen molar-refractivity contribution in [3.63, 3.8) is 0 Å². The Morgan fingerprint density at radius 2 is 2.50 bits per heavy atom. The number of amides is 1. The van der Waals surface area contributed by atoms with Gasteiger partial charge in [-0.1, -0.05) is 0 Å². The number of nitrogens with two attached hydrogens (primary N) is 1. The van der Waals surface area contributed by atoms with Crippen molar-refractivity contribution in [1.82, 2.24) is 10.4 Å². The highest BCUT2D eigenvalue weighted by Gasteiger charge is 2.03. The molecule has 3 N–H and O–H groups in total. The maximum atomic E-state index is 10.7. The van der Waals surface area contributed by atoms with Gasteiger partial charge in [-0.25, -0.2) is 15.2 Å². The van der Waals surface area contributed by atoms with E-state index in [4.69, 9.17) is 5.73 Å². The lowest BCUT2D eigenvalue weighted by Gasteiger charge is -1.97. The normalized spacial score (nSPS) is 11.1. The molecule has 0 bridgehead atoms. The largest absolute Gasteiger partial charge is 0.452 e. The lowest BCUT2D eigenvalue weighted by Crippen LogP contribution is -2.18. The Morgan fingerprint density at radius 3 is 3.00 bits per heavy atom. The molecule has 0 aliphatic rings. The summed E-state index contributed by atoms with van der Waals surface area (Å²) in [6.45, 7) is 1.71. The number of nitrogen functional groups attached to an aromatic ring is 1. The SMILES string of the molecule is COC(=O)NN=C(C)c1csc(N)n1. The zero-order chi connectivity index (χ0) is 10.6. The maximum Gasteiger partial charge on any atom is 0.427 e. The molecule has 0 radical (unpaired) electrons. The van der Waals surface area contributed by atoms with Crippen molar-refractivity contribution in [3.05, 3.63) is 11.1 Å². The second-order valence-electron chi connectivity index (χ2n) is 2.37. The summed E-state index contributed by atoms with van der Waals surface area (Å²) in [5, 5.41) is 5.98. The van der Waals surface area contributed by atoms with Gasteiger partial charge in [0.25, 0.3) is 0 Å². The van der Waals surface area contributed by atoms with E-state index >= 15 is 0 Å². The van der Waals surface area contributed by atoms with E-state index in [2.05, 4.69) is 20.2 Å². The summed E-state index contributed by atoms with van der Waals surface area (Å²) in [4.78, 5) is 14.7. The van der Waals surface area contributed by atoms with Crippen LogP contribution in [0.5, 0.6) is 0 Å². The molecule has 0 atom stereocenters. The molecule has 1 rings (SSSR count). The highest BCUT2D eigenvalue weighted by atomic mass is 32.1. The van der Waals surface area contributed by atoms with Crippen LogP contribution in [-0.4, -0.2) is 23.9 Å². The highest BCUT2D eigenvalue weighted by molar-refractivity contribution is 7.13. The van der Waals surface area contributed by atoms with Crippen molar-refractivity contribution >= 4 is 28.3 Å². The molecule has 0 aromatic carbocycles. The standard InChI is InChI=1S/C7H10N4O2S/c1-4(10-11-7(12)13-2)5-3-14-6(8)9-5/h3H,1-2H3,(H2,8,9)(H,11,12). The molecule has 0 unspecified atom stereocenters. The molecule has 7 heteroatoms. The zero-order valence-electron chi connectivity index (χ0n) is 7.77. The van der Waals surface area contributed by atoms with Gasteiger partial charge in [-0.05, 0) is 6.92 Å². The molecule has 0 spiro atoms. The minimum Gasteiger partial charge on any atom is -0.452 e. The van der Waals surface area contributed by atoms with Gasteiger partial charge in [0, 0.05) is 5.38 Å². The molecule has 0 saturated carbocycles. The van der Waals surface area contributed by atoms with Crippen LogP contribution in [0.3, 0.4) is 0 Å². The van der Waals surface area contributed by atoms with Crippen molar-refractivity contribution in [2.24, 2.45) is 5.10 Å². The van der Waals surface area contributed by atoms with Gasteiger partial charge < -0.3 is 10.5 Å². The van der Waals surface area contributed by atoms with Gasteiger partial charge in [0.2, 0.25) is 0 Å². The molecule has 1 aromatic rings. The van der Waals surface area contributed by atoms with E-state index in [1.54, 1.807) is 12.3 Å². The summed E-state index contributed by atoms with van der Waals surface area (Å²) in [7, 11) is 1.26. The summed E-state index contributed by atoms with van der Waals surface area (Å²) < 4.78 is 4.34. The first-order valence-electron chi connectivity index (χ1n) is 3.73. The third kappa shape index (κ3) is 2.70. The summed E-state index contributed by atoms with van der Waals surface area (Å²) in [5.74, 6) is 0. The van der Waals surface area contributed by atoms with Crippen molar-refractivity contribution in [2.75, 3.05) is 12.8 Å². The molecule has 0 aliphatic carbocycles. The lowest BCUT2D eigenvalue weighted by atomic mass is 10.3. The second kappa shape index (κ2) is 4.56. The fourth-order valence-electron chi connectivity index (χ4n) is 0.686. The van der Waals surface area contributed by atoms with Crippen molar-refractivity contribution in [1.29, 1.82) is 0 Å². The summed E-state index contributed by atoms with van der Waals surface area (Å²) in [6, 6.07) is 0. The fraction of sp³-hybridized carbons (Fsp3) is 0.286. The van der Waals surface area contributed by atoms with Gasteiger partial charge in [0.05, 0.1) is 18.5 Å². The topological polar surface area (TPSA) is 89.6 Å². The van der Waals surface area contributed by atoms with Gasteiger partial charge >= 0.3 is 6.09 Å². The third-order valence-electron chi connectivity index (χ3n) is 1.39. The zero-order valence-corrected chi connectivity index (χ0v) is 8.59. The van der Waals surface area contributed by atoms with Crippen LogP contribution in [0.25, 0.3) is 0 Å². The quantitative estimate of drug-likeness (QED) is 0.563. The van der Waals surface area contributed by atoms with E-state index in [0.29, 0.717) is 16.5 Å². The molecule has 0 fully saturated rings. The average molecular weight is 214 g/mol. The Bertz CT molecular complexity index is 360. The Morgan fingerprint density at radius 1 is 1.79 bits per heavy atom. The molecule has 1 amide bonds. The number of rotatable bonds is 2. The minimum atomic E-state index is -0.618. The lowest BCUT2D eigenvalue weighted by molar-refractivity contribution is 0.171. The number of methoxy groups -OCH3 is 1. The van der Waals surface area contributed by atoms with Crippen LogP contribution in [-0.2, 0) is 4.74 Å². The monoisotopic (exact) mass is 214 g/mol. The first kappa shape index (κ1) is 10.5. The van der Waals surface area contributed by atoms with Gasteiger partial charge in [-0.2, -0.15) is 5.10 Å². The molecular weight excluding hydrogens is 204 g/mol. The van der Waals surface area contributed by atoms with Crippen molar-refractivity contribution < 1.29 is 9.53 Å². The number of hydrazone groups is 1. The number of hydrogen-bond donors (Lipinski definition) is 2. The number of thiazole rings is 1. The molecule has 1 heterocycles. The number of nitrogens with zero attached hydrogens (tertiary/aromatic N) is 2. The number of aromatic nitrogens is 1. The molecule has 76 valence electrons. The van der Waals surface area contributed by atoms with Gasteiger partial charge in [-0.3, -0.25) is 0 Å². The Hall–Kier alpha value is -1.63. The van der Waals surface area contributed by atoms with Crippen LogP contribution in [0.15, 0.2) is 10.5 Å². The smallest absolute Gasteiger partial charge is 0.427 e. The molecule has 1 aromatic heterocycles. The number of carbonyl (C=O) groups is 1. The fourth-order valence-corrected chi connectivity index (χ4v) is 1.29. The van der Waals surface area contributed by atoms with Gasteiger partial charge in [-0.15, -0.1) is 11.3 Å². The Kier molecular flexibility index (Phi) is 3.41. The van der Waals surface area contributed by atoms with E-state index in [1.807, 2.05) is 0 Å². The van der Waals surface area contributed by atoms with Crippen LogP contribution in [0, 0.1) is 0 Å². The van der Waals surface area contributed by atoms with Crippen LogP contribution >= 0.6 is 11.3 Å². The first-order chi connectivity index (χ1) is 6.63. The first-order valence-corrected chi connectivity index (χ1v) is 4.61. The number of hydrogen-bond acceptors (Lipinski definition) is 6. The van der Waals surface area contributed by atoms with Gasteiger partial charge in [0.15, 0.2) is 5.13 Å². The number of anilines is 1. The van der Waals surface area contributed by atoms with E-state index < -0.39 is 6.09 Å². The predicted octanol–water partition coefficient (Wildman–Crippen LogP) is 0.805. The molecule has 6 nitrogen and oxygen atoms in total. The maximum absolute atomic E-state index is 10.7. The summed E-state index contributed by atoms with van der Waals surface area (Å²) >= 11 is 1.31. The average Bonchev–Trinajstić information content (AvgIpc) is 2.60. The summed E-state index contributed by atoms with van der Waals surface area (Å²) in [6.07, 6.45) is -0.618. The minimum absolute atomic E-state index is 0.465. The van der Waals surface area contributed by atoms with E-state index in [0.717, 1.165) is 0 Å². The third-order valence-corrected chi connectivity index (χ3v) is 2.07. The highest BCUT2D eigenvalue weighted by Crippen LogP contribution is 2.11. The van der Waals surface area contributed by atoms with Crippen LogP contribution in [0.1, 0.15) is 12.6 Å². The molecule has 0 saturated heterocycles. The van der Waals surface area contributed by atoms with Crippen molar-refractivity contribution in [2.45, 2.75) is 6.92 Å². The second-order valence-corrected chi connectivity index (χ2v) is 3.26. The van der Waals surface area contributed by atoms with Crippen molar-refractivity contribution in [3.8, 4) is 0 Å². The molecule has 0 aliphatic heterocycles. The molecule has 14 heavy (non-hydrogen) atoms. The van der Waals surface area contributed by atoms with Gasteiger partial charge in [0.1, 0.15) is 0 Å². The van der Waals surface area contributed by atoms with E-state index in [-0.39, 0.29) is 0 Å². The van der Waals surface area contributed by atoms with Crippen LogP contribution in [0.4, 0.5) is 9.93 Å². The predicted molar refractivity (Wildman–Crippen MR) is 54.3 cm³/mol. The number of ether oxygens (including phenoxy) is 1. The Labute approximate surface area is 84.8 Å². The number of nitrogens with one attached hydrogen (secondary N) is 1.